The van der Waals surface area contributed by atoms with E-state index in [-0.39, 0.29) is 11.7 Å². The van der Waals surface area contributed by atoms with Gasteiger partial charge in [0.25, 0.3) is 5.89 Å². The Kier molecular flexibility index (Phi) is 3.76. The van der Waals surface area contributed by atoms with Crippen LogP contribution in [0.2, 0.25) is 0 Å². The molecule has 0 bridgehead atoms. The number of benzene rings is 1. The predicted octanol–water partition coefficient (Wildman–Crippen LogP) is 3.69. The van der Waals surface area contributed by atoms with Crippen LogP contribution in [0.25, 0.3) is 11.5 Å². The third-order valence-corrected chi connectivity index (χ3v) is 4.22. The SMILES string of the molecule is Cc1ccc(F)c(-c2nc(C3(N)CCCCCC3)no2)c1. The summed E-state index contributed by atoms with van der Waals surface area (Å²) in [6.07, 6.45) is 6.22. The van der Waals surface area contributed by atoms with Crippen molar-refractivity contribution in [3.63, 3.8) is 0 Å². The van der Waals surface area contributed by atoms with Crippen LogP contribution in [0.4, 0.5) is 4.39 Å². The van der Waals surface area contributed by atoms with Gasteiger partial charge in [-0.1, -0.05) is 42.5 Å². The van der Waals surface area contributed by atoms with Gasteiger partial charge >= 0.3 is 0 Å². The first-order valence-electron chi connectivity index (χ1n) is 7.48. The molecule has 0 radical (unpaired) electrons. The van der Waals surface area contributed by atoms with Gasteiger partial charge in [-0.05, 0) is 31.9 Å². The lowest BCUT2D eigenvalue weighted by atomic mass is 9.91. The van der Waals surface area contributed by atoms with Gasteiger partial charge in [0.05, 0.1) is 11.1 Å². The van der Waals surface area contributed by atoms with Gasteiger partial charge in [0, 0.05) is 0 Å². The monoisotopic (exact) mass is 289 g/mol. The van der Waals surface area contributed by atoms with Crippen molar-refractivity contribution in [3.8, 4) is 11.5 Å². The molecule has 2 N–H and O–H groups in total. The van der Waals surface area contributed by atoms with Crippen molar-refractivity contribution in [2.24, 2.45) is 5.73 Å². The first kappa shape index (κ1) is 14.2. The van der Waals surface area contributed by atoms with E-state index in [2.05, 4.69) is 10.1 Å². The third kappa shape index (κ3) is 2.83. The molecule has 3 rings (SSSR count). The van der Waals surface area contributed by atoms with Gasteiger partial charge in [0.15, 0.2) is 5.82 Å². The highest BCUT2D eigenvalue weighted by Gasteiger charge is 2.33. The smallest absolute Gasteiger partial charge is 0.260 e. The summed E-state index contributed by atoms with van der Waals surface area (Å²) in [4.78, 5) is 4.38. The van der Waals surface area contributed by atoms with Crippen molar-refractivity contribution < 1.29 is 8.91 Å². The van der Waals surface area contributed by atoms with E-state index < -0.39 is 5.54 Å². The molecule has 5 heteroatoms. The zero-order valence-corrected chi connectivity index (χ0v) is 12.2. The van der Waals surface area contributed by atoms with Crippen molar-refractivity contribution >= 4 is 0 Å². The Morgan fingerprint density at radius 1 is 1.19 bits per heavy atom. The summed E-state index contributed by atoms with van der Waals surface area (Å²) < 4.78 is 19.2. The number of aryl methyl sites for hydroxylation is 1. The van der Waals surface area contributed by atoms with Crippen LogP contribution < -0.4 is 5.73 Å². The number of rotatable bonds is 2. The van der Waals surface area contributed by atoms with Crippen LogP contribution in [0, 0.1) is 12.7 Å². The number of hydrogen-bond acceptors (Lipinski definition) is 4. The Morgan fingerprint density at radius 2 is 1.90 bits per heavy atom. The van der Waals surface area contributed by atoms with Crippen LogP contribution in [0.3, 0.4) is 0 Å². The highest BCUT2D eigenvalue weighted by molar-refractivity contribution is 5.55. The molecule has 0 unspecified atom stereocenters. The molecule has 4 nitrogen and oxygen atoms in total. The topological polar surface area (TPSA) is 64.9 Å². The molecule has 2 aromatic rings. The van der Waals surface area contributed by atoms with Crippen LogP contribution in [-0.4, -0.2) is 10.1 Å². The number of halogens is 1. The van der Waals surface area contributed by atoms with E-state index in [0.29, 0.717) is 11.4 Å². The molecule has 112 valence electrons. The van der Waals surface area contributed by atoms with Crippen molar-refractivity contribution in [2.45, 2.75) is 51.0 Å². The van der Waals surface area contributed by atoms with E-state index >= 15 is 0 Å². The molecule has 21 heavy (non-hydrogen) atoms. The predicted molar refractivity (Wildman–Crippen MR) is 78.0 cm³/mol. The lowest BCUT2D eigenvalue weighted by Crippen LogP contribution is -2.37. The summed E-state index contributed by atoms with van der Waals surface area (Å²) in [5, 5.41) is 4.02. The minimum Gasteiger partial charge on any atom is -0.334 e. The highest BCUT2D eigenvalue weighted by atomic mass is 19.1. The lowest BCUT2D eigenvalue weighted by Gasteiger charge is -2.23. The minimum atomic E-state index is -0.543. The van der Waals surface area contributed by atoms with Gasteiger partial charge in [-0.15, -0.1) is 0 Å². The Balaban J connectivity index is 1.94. The molecule has 0 amide bonds. The second-order valence-electron chi connectivity index (χ2n) is 5.98. The van der Waals surface area contributed by atoms with E-state index in [1.807, 2.05) is 6.92 Å². The summed E-state index contributed by atoms with van der Waals surface area (Å²) in [5.41, 5.74) is 7.20. The van der Waals surface area contributed by atoms with Gasteiger partial charge in [0.2, 0.25) is 0 Å². The summed E-state index contributed by atoms with van der Waals surface area (Å²) in [5.74, 6) is 0.350. The second kappa shape index (κ2) is 5.56. The Labute approximate surface area is 123 Å². The van der Waals surface area contributed by atoms with Gasteiger partial charge in [-0.2, -0.15) is 4.98 Å². The van der Waals surface area contributed by atoms with Gasteiger partial charge in [-0.25, -0.2) is 4.39 Å². The quantitative estimate of drug-likeness (QED) is 0.856. The number of nitrogens with zero attached hydrogens (tertiary/aromatic N) is 2. The maximum absolute atomic E-state index is 13.9. The molecule has 1 aliphatic rings. The number of nitrogens with two attached hydrogens (primary N) is 1. The maximum Gasteiger partial charge on any atom is 0.260 e. The maximum atomic E-state index is 13.9. The average molecular weight is 289 g/mol. The molecule has 1 heterocycles. The zero-order valence-electron chi connectivity index (χ0n) is 12.2. The molecule has 0 aliphatic heterocycles. The van der Waals surface area contributed by atoms with Crippen LogP contribution in [0.15, 0.2) is 22.7 Å². The molecular weight excluding hydrogens is 269 g/mol. The van der Waals surface area contributed by atoms with Gasteiger partial charge in [-0.3, -0.25) is 0 Å². The molecule has 1 aromatic carbocycles. The number of hydrogen-bond donors (Lipinski definition) is 1. The summed E-state index contributed by atoms with van der Waals surface area (Å²) in [6.45, 7) is 1.90. The van der Waals surface area contributed by atoms with Crippen molar-refractivity contribution in [3.05, 3.63) is 35.4 Å². The van der Waals surface area contributed by atoms with E-state index in [4.69, 9.17) is 10.3 Å². The number of aromatic nitrogens is 2. The summed E-state index contributed by atoms with van der Waals surface area (Å²) >= 11 is 0. The molecule has 1 aromatic heterocycles. The Bertz CT molecular complexity index is 630. The first-order valence-corrected chi connectivity index (χ1v) is 7.48. The second-order valence-corrected chi connectivity index (χ2v) is 5.98. The van der Waals surface area contributed by atoms with E-state index in [0.717, 1.165) is 31.2 Å². The van der Waals surface area contributed by atoms with Crippen LogP contribution in [0.1, 0.15) is 49.9 Å². The zero-order chi connectivity index (χ0) is 14.9. The lowest BCUT2D eigenvalue weighted by molar-refractivity contribution is 0.334. The standard InChI is InChI=1S/C16H20FN3O/c1-11-6-7-13(17)12(10-11)14-19-15(20-21-14)16(18)8-4-2-3-5-9-16/h6-7,10H,2-5,8-9,18H2,1H3. The fourth-order valence-electron chi connectivity index (χ4n) is 2.92. The molecule has 1 fully saturated rings. The van der Waals surface area contributed by atoms with E-state index in [1.54, 1.807) is 12.1 Å². The molecule has 1 aliphatic carbocycles. The minimum absolute atomic E-state index is 0.209. The van der Waals surface area contributed by atoms with Crippen LogP contribution in [0.5, 0.6) is 0 Å². The average Bonchev–Trinajstić information content (AvgIpc) is 2.86. The van der Waals surface area contributed by atoms with Crippen LogP contribution in [-0.2, 0) is 5.54 Å². The molecule has 0 spiro atoms. The third-order valence-electron chi connectivity index (χ3n) is 4.22. The Morgan fingerprint density at radius 3 is 2.62 bits per heavy atom. The largest absolute Gasteiger partial charge is 0.334 e. The summed E-state index contributed by atoms with van der Waals surface area (Å²) in [6, 6.07) is 4.84. The van der Waals surface area contributed by atoms with Crippen LogP contribution >= 0.6 is 0 Å². The molecule has 0 saturated heterocycles. The molecular formula is C16H20FN3O. The van der Waals surface area contributed by atoms with Crippen molar-refractivity contribution in [1.29, 1.82) is 0 Å². The normalized spacial score (nSPS) is 18.4. The summed E-state index contributed by atoms with van der Waals surface area (Å²) in [7, 11) is 0. The first-order chi connectivity index (χ1) is 10.1. The highest BCUT2D eigenvalue weighted by Crippen LogP contribution is 2.33. The van der Waals surface area contributed by atoms with E-state index in [9.17, 15) is 4.39 Å². The molecule has 0 atom stereocenters. The Hall–Kier alpha value is -1.75. The van der Waals surface area contributed by atoms with Gasteiger partial charge < -0.3 is 10.3 Å². The van der Waals surface area contributed by atoms with Crippen molar-refractivity contribution in [2.75, 3.05) is 0 Å². The van der Waals surface area contributed by atoms with E-state index in [1.165, 1.54) is 18.9 Å². The fourth-order valence-corrected chi connectivity index (χ4v) is 2.92. The molecule has 1 saturated carbocycles. The fraction of sp³-hybridized carbons (Fsp3) is 0.500. The van der Waals surface area contributed by atoms with Gasteiger partial charge in [0.1, 0.15) is 5.82 Å². The van der Waals surface area contributed by atoms with Crippen molar-refractivity contribution in [1.82, 2.24) is 10.1 Å².